The van der Waals surface area contributed by atoms with Gasteiger partial charge in [0.1, 0.15) is 5.75 Å². The summed E-state index contributed by atoms with van der Waals surface area (Å²) in [5.74, 6) is -0.323. The highest BCUT2D eigenvalue weighted by Gasteiger charge is 2.45. The smallest absolute Gasteiger partial charge is 0.406 e. The van der Waals surface area contributed by atoms with E-state index in [1.807, 2.05) is 36.4 Å². The molecule has 0 bridgehead atoms. The summed E-state index contributed by atoms with van der Waals surface area (Å²) in [7, 11) is 0. The van der Waals surface area contributed by atoms with Crippen molar-refractivity contribution < 1.29 is 31.1 Å². The second-order valence-electron chi connectivity index (χ2n) is 10.0. The number of anilines is 2. The van der Waals surface area contributed by atoms with Crippen LogP contribution in [0.1, 0.15) is 36.0 Å². The standard InChI is InChI=1S/C29H28F6N2O/c30-28(31,32)13-16-37-20-27(25-11-1-2-12-26(25)37,19-21-7-5-10-24(17-21)38-29(33,34)35)22-8-6-9-23(18-22)36-14-3-4-15-36/h1-2,5-12,17-18H,3-4,13-16,19-20H2. The van der Waals surface area contributed by atoms with Gasteiger partial charge in [-0.05, 0) is 66.3 Å². The van der Waals surface area contributed by atoms with Crippen molar-refractivity contribution in [2.45, 2.75) is 43.6 Å². The first-order chi connectivity index (χ1) is 18.0. The van der Waals surface area contributed by atoms with E-state index in [9.17, 15) is 26.3 Å². The van der Waals surface area contributed by atoms with Crippen molar-refractivity contribution in [2.24, 2.45) is 0 Å². The van der Waals surface area contributed by atoms with Crippen molar-refractivity contribution in [3.05, 3.63) is 89.5 Å². The maximum atomic E-state index is 13.2. The lowest BCUT2D eigenvalue weighted by molar-refractivity contribution is -0.274. The van der Waals surface area contributed by atoms with Gasteiger partial charge in [-0.3, -0.25) is 0 Å². The number of ether oxygens (including phenoxy) is 1. The summed E-state index contributed by atoms with van der Waals surface area (Å²) in [5, 5.41) is 0. The molecule has 0 aliphatic carbocycles. The predicted octanol–water partition coefficient (Wildman–Crippen LogP) is 7.49. The summed E-state index contributed by atoms with van der Waals surface area (Å²) in [6.45, 7) is 1.94. The highest BCUT2D eigenvalue weighted by Crippen LogP contribution is 2.48. The molecule has 38 heavy (non-hydrogen) atoms. The van der Waals surface area contributed by atoms with Crippen LogP contribution in [0, 0.1) is 0 Å². The van der Waals surface area contributed by atoms with Gasteiger partial charge in [-0.2, -0.15) is 13.2 Å². The van der Waals surface area contributed by atoms with Gasteiger partial charge in [-0.15, -0.1) is 13.2 Å². The van der Waals surface area contributed by atoms with Gasteiger partial charge in [0.2, 0.25) is 0 Å². The van der Waals surface area contributed by atoms with E-state index in [1.54, 1.807) is 17.0 Å². The molecule has 3 nitrogen and oxygen atoms in total. The van der Waals surface area contributed by atoms with Crippen LogP contribution in [0.25, 0.3) is 0 Å². The molecule has 0 radical (unpaired) electrons. The maximum Gasteiger partial charge on any atom is 0.573 e. The van der Waals surface area contributed by atoms with Crippen molar-refractivity contribution in [1.29, 1.82) is 0 Å². The van der Waals surface area contributed by atoms with Crippen LogP contribution < -0.4 is 14.5 Å². The number of hydrogen-bond donors (Lipinski definition) is 0. The molecule has 0 saturated carbocycles. The third-order valence-electron chi connectivity index (χ3n) is 7.39. The van der Waals surface area contributed by atoms with Crippen LogP contribution in [0.15, 0.2) is 72.8 Å². The zero-order valence-corrected chi connectivity index (χ0v) is 20.7. The van der Waals surface area contributed by atoms with Gasteiger partial charge in [0.15, 0.2) is 0 Å². The Morgan fingerprint density at radius 3 is 2.29 bits per heavy atom. The lowest BCUT2D eigenvalue weighted by atomic mass is 9.71. The van der Waals surface area contributed by atoms with Crippen molar-refractivity contribution in [1.82, 2.24) is 0 Å². The first-order valence-electron chi connectivity index (χ1n) is 12.6. The van der Waals surface area contributed by atoms with Crippen LogP contribution in [0.2, 0.25) is 0 Å². The topological polar surface area (TPSA) is 15.7 Å². The average molecular weight is 535 g/mol. The normalized spacial score (nSPS) is 19.6. The van der Waals surface area contributed by atoms with Gasteiger partial charge >= 0.3 is 12.5 Å². The number of halogens is 6. The van der Waals surface area contributed by atoms with Gasteiger partial charge in [-0.25, -0.2) is 0 Å². The Hall–Kier alpha value is -3.36. The number of hydrogen-bond acceptors (Lipinski definition) is 3. The van der Waals surface area contributed by atoms with Crippen LogP contribution >= 0.6 is 0 Å². The summed E-state index contributed by atoms with van der Waals surface area (Å²) < 4.78 is 82.5. The van der Waals surface area contributed by atoms with Gasteiger partial charge in [0.05, 0.1) is 6.42 Å². The van der Waals surface area contributed by atoms with E-state index in [4.69, 9.17) is 0 Å². The summed E-state index contributed by atoms with van der Waals surface area (Å²) in [4.78, 5) is 4.04. The Morgan fingerprint density at radius 2 is 1.55 bits per heavy atom. The molecule has 1 unspecified atom stereocenters. The quantitative estimate of drug-likeness (QED) is 0.292. The zero-order valence-electron chi connectivity index (χ0n) is 20.7. The molecule has 3 aromatic carbocycles. The fourth-order valence-electron chi connectivity index (χ4n) is 5.79. The predicted molar refractivity (Wildman–Crippen MR) is 135 cm³/mol. The largest absolute Gasteiger partial charge is 0.573 e. The SMILES string of the molecule is FC(F)(F)CCN1CC(Cc2cccc(OC(F)(F)F)c2)(c2cccc(N3CCCC3)c2)c2ccccc21. The summed E-state index contributed by atoms with van der Waals surface area (Å²) in [5.41, 5.74) is 3.37. The van der Waals surface area contributed by atoms with Gasteiger partial charge < -0.3 is 14.5 Å². The molecule has 9 heteroatoms. The van der Waals surface area contributed by atoms with Gasteiger partial charge in [-0.1, -0.05) is 42.5 Å². The molecule has 0 spiro atoms. The highest BCUT2D eigenvalue weighted by molar-refractivity contribution is 5.68. The molecule has 3 aromatic rings. The minimum Gasteiger partial charge on any atom is -0.406 e. The highest BCUT2D eigenvalue weighted by atomic mass is 19.4. The molecule has 2 aliphatic heterocycles. The summed E-state index contributed by atoms with van der Waals surface area (Å²) in [6.07, 6.45) is -7.61. The van der Waals surface area contributed by atoms with E-state index in [-0.39, 0.29) is 18.8 Å². The number of alkyl halides is 6. The van der Waals surface area contributed by atoms with Crippen LogP contribution in [0.5, 0.6) is 5.75 Å². The Morgan fingerprint density at radius 1 is 0.816 bits per heavy atom. The van der Waals surface area contributed by atoms with Crippen LogP contribution in [-0.2, 0) is 11.8 Å². The average Bonchev–Trinajstić information content (AvgIpc) is 3.50. The Kier molecular flexibility index (Phi) is 6.96. The minimum atomic E-state index is -4.82. The third kappa shape index (κ3) is 5.71. The Balaban J connectivity index is 1.59. The number of rotatable bonds is 7. The van der Waals surface area contributed by atoms with Crippen molar-refractivity contribution in [3.63, 3.8) is 0 Å². The van der Waals surface area contributed by atoms with E-state index in [0.717, 1.165) is 42.7 Å². The molecule has 1 saturated heterocycles. The lowest BCUT2D eigenvalue weighted by Crippen LogP contribution is -2.38. The second kappa shape index (κ2) is 10.1. The molecule has 0 aromatic heterocycles. The Bertz CT molecular complexity index is 1270. The van der Waals surface area contributed by atoms with Crippen LogP contribution in [0.3, 0.4) is 0 Å². The second-order valence-corrected chi connectivity index (χ2v) is 10.0. The molecule has 2 aliphatic rings. The summed E-state index contributed by atoms with van der Waals surface area (Å²) in [6, 6.07) is 21.3. The van der Waals surface area contributed by atoms with Crippen molar-refractivity contribution >= 4 is 11.4 Å². The maximum absolute atomic E-state index is 13.2. The third-order valence-corrected chi connectivity index (χ3v) is 7.39. The molecule has 2 heterocycles. The molecule has 202 valence electrons. The monoisotopic (exact) mass is 534 g/mol. The molecule has 5 rings (SSSR count). The zero-order chi connectivity index (χ0) is 27.0. The van der Waals surface area contributed by atoms with E-state index in [0.29, 0.717) is 17.7 Å². The summed E-state index contributed by atoms with van der Waals surface area (Å²) >= 11 is 0. The van der Waals surface area contributed by atoms with E-state index < -0.39 is 24.4 Å². The van der Waals surface area contributed by atoms with Gasteiger partial charge in [0.25, 0.3) is 0 Å². The van der Waals surface area contributed by atoms with Crippen LogP contribution in [0.4, 0.5) is 37.7 Å². The fourth-order valence-corrected chi connectivity index (χ4v) is 5.79. The fraction of sp³-hybridized carbons (Fsp3) is 0.379. The van der Waals surface area contributed by atoms with Crippen molar-refractivity contribution in [3.8, 4) is 5.75 Å². The number of fused-ring (bicyclic) bond motifs is 1. The molecular weight excluding hydrogens is 506 g/mol. The molecule has 1 fully saturated rings. The lowest BCUT2D eigenvalue weighted by Gasteiger charge is -2.33. The van der Waals surface area contributed by atoms with E-state index in [1.165, 1.54) is 18.2 Å². The molecular formula is C29H28F6N2O. The van der Waals surface area contributed by atoms with E-state index >= 15 is 0 Å². The number of nitrogens with zero attached hydrogens (tertiary/aromatic N) is 2. The Labute approximate surface area is 217 Å². The number of benzene rings is 3. The minimum absolute atomic E-state index is 0.203. The molecule has 1 atom stereocenters. The first kappa shape index (κ1) is 26.3. The number of para-hydroxylation sites is 1. The first-order valence-corrected chi connectivity index (χ1v) is 12.6. The van der Waals surface area contributed by atoms with Crippen LogP contribution in [-0.4, -0.2) is 38.7 Å². The van der Waals surface area contributed by atoms with E-state index in [2.05, 4.69) is 15.7 Å². The molecule has 0 N–H and O–H groups in total. The van der Waals surface area contributed by atoms with Gasteiger partial charge in [0, 0.05) is 43.0 Å². The molecule has 0 amide bonds. The van der Waals surface area contributed by atoms with Crippen molar-refractivity contribution in [2.75, 3.05) is 36.0 Å².